The largest absolute Gasteiger partial charge is 0.454 e. The average Bonchev–Trinajstić information content (AvgIpc) is 2.87. The molecule has 1 saturated heterocycles. The summed E-state index contributed by atoms with van der Waals surface area (Å²) in [7, 11) is 0. The molecule has 2 aliphatic rings. The molecule has 1 aromatic rings. The molecular formula is C14H19N2O3+. The van der Waals surface area contributed by atoms with E-state index in [0.717, 1.165) is 24.5 Å². The standard InChI is InChI=1S/C14H18N2O3/c17-14(9-16-6-2-1-3-7-16)15-11-4-5-12-13(8-11)19-10-18-12/h4-5,8H,1-3,6-7,9-10H2,(H,15,17)/p+1. The fraction of sp³-hybridized carbons (Fsp3) is 0.500. The number of ether oxygens (including phenoxy) is 2. The number of quaternary nitrogens is 1. The Labute approximate surface area is 112 Å². The van der Waals surface area contributed by atoms with E-state index >= 15 is 0 Å². The van der Waals surface area contributed by atoms with Gasteiger partial charge in [0.2, 0.25) is 6.79 Å². The zero-order valence-corrected chi connectivity index (χ0v) is 10.9. The Kier molecular flexibility index (Phi) is 3.55. The molecule has 3 rings (SSSR count). The molecule has 1 fully saturated rings. The van der Waals surface area contributed by atoms with Crippen LogP contribution in [0.25, 0.3) is 0 Å². The number of likely N-dealkylation sites (tertiary alicyclic amines) is 1. The van der Waals surface area contributed by atoms with Gasteiger partial charge in [-0.1, -0.05) is 0 Å². The van der Waals surface area contributed by atoms with Crippen molar-refractivity contribution in [3.05, 3.63) is 18.2 Å². The van der Waals surface area contributed by atoms with Gasteiger partial charge in [-0.25, -0.2) is 0 Å². The number of hydrogen-bond donors (Lipinski definition) is 2. The van der Waals surface area contributed by atoms with Crippen LogP contribution in [0.5, 0.6) is 11.5 Å². The van der Waals surface area contributed by atoms with E-state index in [0.29, 0.717) is 12.3 Å². The van der Waals surface area contributed by atoms with Crippen molar-refractivity contribution >= 4 is 11.6 Å². The minimum Gasteiger partial charge on any atom is -0.454 e. The highest BCUT2D eigenvalue weighted by atomic mass is 16.7. The molecule has 2 aliphatic heterocycles. The van der Waals surface area contributed by atoms with Gasteiger partial charge in [0.05, 0.1) is 13.1 Å². The lowest BCUT2D eigenvalue weighted by Gasteiger charge is -2.22. The third-order valence-electron chi connectivity index (χ3n) is 3.63. The number of nitrogens with one attached hydrogen (secondary N) is 2. The van der Waals surface area contributed by atoms with E-state index in [2.05, 4.69) is 5.32 Å². The normalized spacial score (nSPS) is 18.3. The van der Waals surface area contributed by atoms with Gasteiger partial charge in [0.25, 0.3) is 5.91 Å². The molecule has 0 bridgehead atoms. The summed E-state index contributed by atoms with van der Waals surface area (Å²) in [4.78, 5) is 13.4. The summed E-state index contributed by atoms with van der Waals surface area (Å²) in [5, 5.41) is 2.92. The number of fused-ring (bicyclic) bond motifs is 1. The lowest BCUT2D eigenvalue weighted by atomic mass is 10.1. The molecule has 5 nitrogen and oxygen atoms in total. The van der Waals surface area contributed by atoms with Gasteiger partial charge < -0.3 is 19.7 Å². The zero-order valence-electron chi connectivity index (χ0n) is 10.9. The summed E-state index contributed by atoms with van der Waals surface area (Å²) in [5.74, 6) is 1.50. The molecule has 0 aliphatic carbocycles. The van der Waals surface area contributed by atoms with Crippen LogP contribution in [-0.4, -0.2) is 32.3 Å². The highest BCUT2D eigenvalue weighted by Gasteiger charge is 2.18. The molecule has 2 heterocycles. The van der Waals surface area contributed by atoms with E-state index in [4.69, 9.17) is 9.47 Å². The minimum absolute atomic E-state index is 0.0655. The average molecular weight is 263 g/mol. The van der Waals surface area contributed by atoms with E-state index in [9.17, 15) is 4.79 Å². The Bertz CT molecular complexity index is 470. The van der Waals surface area contributed by atoms with Crippen molar-refractivity contribution in [1.29, 1.82) is 0 Å². The van der Waals surface area contributed by atoms with E-state index in [1.807, 2.05) is 18.2 Å². The molecule has 0 unspecified atom stereocenters. The summed E-state index contributed by atoms with van der Waals surface area (Å²) >= 11 is 0. The number of carbonyl (C=O) groups is 1. The lowest BCUT2D eigenvalue weighted by molar-refractivity contribution is -0.896. The summed E-state index contributed by atoms with van der Waals surface area (Å²) in [5.41, 5.74) is 0.769. The lowest BCUT2D eigenvalue weighted by Crippen LogP contribution is -3.13. The van der Waals surface area contributed by atoms with Crippen LogP contribution in [-0.2, 0) is 4.79 Å². The molecule has 0 radical (unpaired) electrons. The third-order valence-corrected chi connectivity index (χ3v) is 3.63. The van der Waals surface area contributed by atoms with Gasteiger partial charge in [-0.15, -0.1) is 0 Å². The second-order valence-corrected chi connectivity index (χ2v) is 5.10. The van der Waals surface area contributed by atoms with Crippen LogP contribution < -0.4 is 19.7 Å². The second-order valence-electron chi connectivity index (χ2n) is 5.10. The van der Waals surface area contributed by atoms with Gasteiger partial charge in [0.1, 0.15) is 0 Å². The Morgan fingerprint density at radius 2 is 1.95 bits per heavy atom. The quantitative estimate of drug-likeness (QED) is 0.831. The minimum atomic E-state index is 0.0655. The third kappa shape index (κ3) is 2.98. The topological polar surface area (TPSA) is 52.0 Å². The van der Waals surface area contributed by atoms with Gasteiger partial charge >= 0.3 is 0 Å². The van der Waals surface area contributed by atoms with Crippen LogP contribution in [0, 0.1) is 0 Å². The number of hydrogen-bond acceptors (Lipinski definition) is 3. The number of benzene rings is 1. The summed E-state index contributed by atoms with van der Waals surface area (Å²) in [6, 6.07) is 5.48. The Hall–Kier alpha value is -1.75. The van der Waals surface area contributed by atoms with Crippen LogP contribution in [0.4, 0.5) is 5.69 Å². The van der Waals surface area contributed by atoms with Crippen LogP contribution in [0.3, 0.4) is 0 Å². The first-order chi connectivity index (χ1) is 9.31. The molecule has 0 spiro atoms. The van der Waals surface area contributed by atoms with Gasteiger partial charge in [-0.05, 0) is 31.4 Å². The molecule has 2 N–H and O–H groups in total. The van der Waals surface area contributed by atoms with Crippen molar-refractivity contribution in [2.24, 2.45) is 0 Å². The first kappa shape index (κ1) is 12.3. The Morgan fingerprint density at radius 1 is 1.16 bits per heavy atom. The number of anilines is 1. The van der Waals surface area contributed by atoms with Crippen LogP contribution in [0.15, 0.2) is 18.2 Å². The molecule has 19 heavy (non-hydrogen) atoms. The Balaban J connectivity index is 1.56. The van der Waals surface area contributed by atoms with Gasteiger partial charge in [0.15, 0.2) is 18.0 Å². The summed E-state index contributed by atoms with van der Waals surface area (Å²) < 4.78 is 10.5. The number of rotatable bonds is 3. The van der Waals surface area contributed by atoms with E-state index in [1.165, 1.54) is 24.2 Å². The van der Waals surface area contributed by atoms with Gasteiger partial charge in [-0.2, -0.15) is 0 Å². The highest BCUT2D eigenvalue weighted by molar-refractivity contribution is 5.91. The van der Waals surface area contributed by atoms with E-state index < -0.39 is 0 Å². The molecule has 102 valence electrons. The molecule has 1 amide bonds. The summed E-state index contributed by atoms with van der Waals surface area (Å²) in [6.45, 7) is 3.02. The smallest absolute Gasteiger partial charge is 0.279 e. The molecule has 0 aromatic heterocycles. The maximum atomic E-state index is 12.0. The maximum Gasteiger partial charge on any atom is 0.279 e. The van der Waals surface area contributed by atoms with E-state index in [-0.39, 0.29) is 12.7 Å². The number of carbonyl (C=O) groups excluding carboxylic acids is 1. The van der Waals surface area contributed by atoms with Crippen molar-refractivity contribution in [3.8, 4) is 11.5 Å². The predicted octanol–water partition coefficient (Wildman–Crippen LogP) is 0.423. The van der Waals surface area contributed by atoms with Crippen molar-refractivity contribution < 1.29 is 19.2 Å². The Morgan fingerprint density at radius 3 is 2.79 bits per heavy atom. The predicted molar refractivity (Wildman–Crippen MR) is 70.6 cm³/mol. The highest BCUT2D eigenvalue weighted by Crippen LogP contribution is 2.34. The van der Waals surface area contributed by atoms with Crippen molar-refractivity contribution in [3.63, 3.8) is 0 Å². The molecule has 0 atom stereocenters. The SMILES string of the molecule is O=C(C[NH+]1CCCCC1)Nc1ccc2c(c1)OCO2. The van der Waals surface area contributed by atoms with Crippen molar-refractivity contribution in [2.75, 3.05) is 31.7 Å². The maximum absolute atomic E-state index is 12.0. The molecular weight excluding hydrogens is 244 g/mol. The first-order valence-corrected chi connectivity index (χ1v) is 6.84. The first-order valence-electron chi connectivity index (χ1n) is 6.84. The molecule has 0 saturated carbocycles. The number of piperidine rings is 1. The van der Waals surface area contributed by atoms with Crippen LogP contribution >= 0.6 is 0 Å². The van der Waals surface area contributed by atoms with Crippen LogP contribution in [0.1, 0.15) is 19.3 Å². The fourth-order valence-corrected chi connectivity index (χ4v) is 2.64. The van der Waals surface area contributed by atoms with E-state index in [1.54, 1.807) is 0 Å². The fourth-order valence-electron chi connectivity index (χ4n) is 2.64. The zero-order chi connectivity index (χ0) is 13.1. The van der Waals surface area contributed by atoms with Gasteiger partial charge in [-0.3, -0.25) is 4.79 Å². The summed E-state index contributed by atoms with van der Waals surface area (Å²) in [6.07, 6.45) is 3.76. The second kappa shape index (κ2) is 5.48. The monoisotopic (exact) mass is 263 g/mol. The number of amides is 1. The molecule has 1 aromatic carbocycles. The van der Waals surface area contributed by atoms with Gasteiger partial charge in [0, 0.05) is 11.8 Å². The molecule has 5 heteroatoms. The van der Waals surface area contributed by atoms with Crippen molar-refractivity contribution in [1.82, 2.24) is 0 Å². The van der Waals surface area contributed by atoms with Crippen LogP contribution in [0.2, 0.25) is 0 Å². The van der Waals surface area contributed by atoms with Crippen molar-refractivity contribution in [2.45, 2.75) is 19.3 Å².